The summed E-state index contributed by atoms with van der Waals surface area (Å²) in [6, 6.07) is 10.6. The average Bonchev–Trinajstić information content (AvgIpc) is 2.66. The van der Waals surface area contributed by atoms with Gasteiger partial charge in [-0.2, -0.15) is 5.26 Å². The highest BCUT2D eigenvalue weighted by Gasteiger charge is 2.33. The van der Waals surface area contributed by atoms with Gasteiger partial charge in [0.15, 0.2) is 0 Å². The summed E-state index contributed by atoms with van der Waals surface area (Å²) in [4.78, 5) is 0. The number of benzene rings is 1. The van der Waals surface area contributed by atoms with Gasteiger partial charge >= 0.3 is 0 Å². The molecule has 1 atom stereocenters. The van der Waals surface area contributed by atoms with Crippen LogP contribution in [0.1, 0.15) is 44.2 Å². The highest BCUT2D eigenvalue weighted by molar-refractivity contribution is 5.31. The van der Waals surface area contributed by atoms with E-state index in [4.69, 9.17) is 5.26 Å². The van der Waals surface area contributed by atoms with Crippen molar-refractivity contribution >= 4 is 0 Å². The topological polar surface area (TPSA) is 35.8 Å². The normalized spacial score (nSPS) is 22.3. The lowest BCUT2D eigenvalue weighted by atomic mass is 9.87. The molecule has 0 heterocycles. The zero-order valence-corrected chi connectivity index (χ0v) is 10.7. The molecule has 0 saturated heterocycles. The van der Waals surface area contributed by atoms with Crippen LogP contribution in [-0.2, 0) is 6.54 Å². The van der Waals surface area contributed by atoms with Gasteiger partial charge in [-0.25, -0.2) is 0 Å². The van der Waals surface area contributed by atoms with Crippen LogP contribution in [0.15, 0.2) is 24.3 Å². The Morgan fingerprint density at radius 2 is 2.06 bits per heavy atom. The molecular formula is C15H20N2. The lowest BCUT2D eigenvalue weighted by Gasteiger charge is -2.28. The second-order valence-electron chi connectivity index (χ2n) is 5.62. The van der Waals surface area contributed by atoms with Crippen LogP contribution in [0.5, 0.6) is 0 Å². The lowest BCUT2D eigenvalue weighted by molar-refractivity contribution is 0.282. The summed E-state index contributed by atoms with van der Waals surface area (Å²) in [5.41, 5.74) is 2.41. The van der Waals surface area contributed by atoms with Crippen LogP contribution in [-0.4, -0.2) is 6.04 Å². The van der Waals surface area contributed by atoms with Gasteiger partial charge in [0.25, 0.3) is 0 Å². The smallest absolute Gasteiger partial charge is 0.0991 e. The van der Waals surface area contributed by atoms with E-state index in [1.165, 1.54) is 24.8 Å². The first-order valence-corrected chi connectivity index (χ1v) is 6.34. The quantitative estimate of drug-likeness (QED) is 0.862. The highest BCUT2D eigenvalue weighted by atomic mass is 14.9. The second kappa shape index (κ2) is 4.89. The largest absolute Gasteiger partial charge is 0.309 e. The zero-order valence-electron chi connectivity index (χ0n) is 10.7. The third kappa shape index (κ3) is 2.87. The van der Waals surface area contributed by atoms with Crippen molar-refractivity contribution < 1.29 is 0 Å². The fraction of sp³-hybridized carbons (Fsp3) is 0.533. The molecule has 0 bridgehead atoms. The maximum absolute atomic E-state index is 8.73. The van der Waals surface area contributed by atoms with Crippen LogP contribution in [0.25, 0.3) is 0 Å². The Balaban J connectivity index is 1.92. The van der Waals surface area contributed by atoms with Crippen LogP contribution in [0, 0.1) is 16.7 Å². The Labute approximate surface area is 104 Å². The number of hydrogen-bond acceptors (Lipinski definition) is 2. The van der Waals surface area contributed by atoms with Crippen LogP contribution in [0.3, 0.4) is 0 Å². The molecule has 0 aromatic heterocycles. The van der Waals surface area contributed by atoms with Gasteiger partial charge in [-0.05, 0) is 36.0 Å². The number of hydrogen-bond donors (Lipinski definition) is 1. The van der Waals surface area contributed by atoms with Gasteiger partial charge in [-0.1, -0.05) is 32.4 Å². The lowest BCUT2D eigenvalue weighted by Crippen LogP contribution is -2.37. The summed E-state index contributed by atoms with van der Waals surface area (Å²) < 4.78 is 0. The maximum Gasteiger partial charge on any atom is 0.0991 e. The monoisotopic (exact) mass is 228 g/mol. The van der Waals surface area contributed by atoms with Gasteiger partial charge in [-0.15, -0.1) is 0 Å². The Morgan fingerprint density at radius 3 is 2.59 bits per heavy atom. The average molecular weight is 228 g/mol. The summed E-state index contributed by atoms with van der Waals surface area (Å²) in [6.07, 6.45) is 3.93. The second-order valence-corrected chi connectivity index (χ2v) is 5.62. The molecule has 17 heavy (non-hydrogen) atoms. The van der Waals surface area contributed by atoms with Crippen molar-refractivity contribution in [2.75, 3.05) is 0 Å². The van der Waals surface area contributed by atoms with E-state index < -0.39 is 0 Å². The molecule has 90 valence electrons. The SMILES string of the molecule is CC1(C)CCCC1NCc1ccc(C#N)cc1. The van der Waals surface area contributed by atoms with E-state index in [2.05, 4.69) is 25.2 Å². The Morgan fingerprint density at radius 1 is 1.35 bits per heavy atom. The molecular weight excluding hydrogens is 208 g/mol. The zero-order chi connectivity index (χ0) is 12.3. The number of rotatable bonds is 3. The van der Waals surface area contributed by atoms with Crippen molar-refractivity contribution in [2.45, 2.75) is 45.7 Å². The van der Waals surface area contributed by atoms with Crippen molar-refractivity contribution in [3.8, 4) is 6.07 Å². The molecule has 1 aliphatic carbocycles. The summed E-state index contributed by atoms with van der Waals surface area (Å²) in [6.45, 7) is 5.59. The predicted molar refractivity (Wildman–Crippen MR) is 69.4 cm³/mol. The molecule has 1 aliphatic rings. The minimum absolute atomic E-state index is 0.423. The third-order valence-corrected chi connectivity index (χ3v) is 3.89. The molecule has 2 nitrogen and oxygen atoms in total. The van der Waals surface area contributed by atoms with E-state index in [-0.39, 0.29) is 0 Å². The Hall–Kier alpha value is -1.33. The standard InChI is InChI=1S/C15H20N2/c1-15(2)9-3-4-14(15)17-11-13-7-5-12(10-16)6-8-13/h5-8,14,17H,3-4,9,11H2,1-2H3. The Bertz CT molecular complexity index is 412. The van der Waals surface area contributed by atoms with Crippen molar-refractivity contribution in [1.29, 1.82) is 5.26 Å². The van der Waals surface area contributed by atoms with Crippen LogP contribution < -0.4 is 5.32 Å². The van der Waals surface area contributed by atoms with Crippen molar-refractivity contribution in [3.63, 3.8) is 0 Å². The molecule has 2 heteroatoms. The summed E-state index contributed by atoms with van der Waals surface area (Å²) in [5, 5.41) is 12.4. The molecule has 2 rings (SSSR count). The third-order valence-electron chi connectivity index (χ3n) is 3.89. The van der Waals surface area contributed by atoms with Crippen LogP contribution in [0.4, 0.5) is 0 Å². The molecule has 1 unspecified atom stereocenters. The molecule has 0 spiro atoms. The minimum atomic E-state index is 0.423. The maximum atomic E-state index is 8.73. The predicted octanol–water partition coefficient (Wildman–Crippen LogP) is 3.23. The molecule has 1 aromatic carbocycles. The van der Waals surface area contributed by atoms with Gasteiger partial charge in [0.1, 0.15) is 0 Å². The molecule has 0 aliphatic heterocycles. The van der Waals surface area contributed by atoms with Crippen molar-refractivity contribution in [2.24, 2.45) is 5.41 Å². The number of nitrogens with zero attached hydrogens (tertiary/aromatic N) is 1. The minimum Gasteiger partial charge on any atom is -0.309 e. The van der Waals surface area contributed by atoms with E-state index in [1.807, 2.05) is 24.3 Å². The fourth-order valence-electron chi connectivity index (χ4n) is 2.64. The van der Waals surface area contributed by atoms with E-state index >= 15 is 0 Å². The van der Waals surface area contributed by atoms with E-state index in [0.717, 1.165) is 12.1 Å². The molecule has 1 N–H and O–H groups in total. The summed E-state index contributed by atoms with van der Waals surface area (Å²) >= 11 is 0. The van der Waals surface area contributed by atoms with Crippen molar-refractivity contribution in [3.05, 3.63) is 35.4 Å². The highest BCUT2D eigenvalue weighted by Crippen LogP contribution is 2.37. The van der Waals surface area contributed by atoms with E-state index in [1.54, 1.807) is 0 Å². The van der Waals surface area contributed by atoms with Gasteiger partial charge in [0, 0.05) is 12.6 Å². The fourth-order valence-corrected chi connectivity index (χ4v) is 2.64. The molecule has 1 saturated carbocycles. The first kappa shape index (κ1) is 12.1. The van der Waals surface area contributed by atoms with Gasteiger partial charge in [0.05, 0.1) is 11.6 Å². The van der Waals surface area contributed by atoms with Crippen LogP contribution in [0.2, 0.25) is 0 Å². The van der Waals surface area contributed by atoms with Gasteiger partial charge in [-0.3, -0.25) is 0 Å². The molecule has 0 amide bonds. The Kier molecular flexibility index (Phi) is 3.49. The van der Waals surface area contributed by atoms with Crippen LogP contribution >= 0.6 is 0 Å². The summed E-state index contributed by atoms with van der Waals surface area (Å²) in [7, 11) is 0. The first-order chi connectivity index (χ1) is 8.12. The first-order valence-electron chi connectivity index (χ1n) is 6.34. The van der Waals surface area contributed by atoms with E-state index in [9.17, 15) is 0 Å². The van der Waals surface area contributed by atoms with Gasteiger partial charge in [0.2, 0.25) is 0 Å². The summed E-state index contributed by atoms with van der Waals surface area (Å²) in [5.74, 6) is 0. The van der Waals surface area contributed by atoms with Gasteiger partial charge < -0.3 is 5.32 Å². The van der Waals surface area contributed by atoms with E-state index in [0.29, 0.717) is 11.5 Å². The van der Waals surface area contributed by atoms with Crippen molar-refractivity contribution in [1.82, 2.24) is 5.32 Å². The molecule has 1 fully saturated rings. The number of nitriles is 1. The molecule has 0 radical (unpaired) electrons. The molecule has 1 aromatic rings. The number of nitrogens with one attached hydrogen (secondary N) is 1.